The molecule has 0 spiro atoms. The van der Waals surface area contributed by atoms with Crippen molar-refractivity contribution in [2.45, 2.75) is 57.5 Å². The second-order valence-corrected chi connectivity index (χ2v) is 5.55. The molecule has 2 rings (SSSR count). The molecule has 0 radical (unpaired) electrons. The van der Waals surface area contributed by atoms with Gasteiger partial charge in [-0.15, -0.1) is 0 Å². The highest BCUT2D eigenvalue weighted by Gasteiger charge is 2.33. The van der Waals surface area contributed by atoms with E-state index in [0.29, 0.717) is 18.0 Å². The van der Waals surface area contributed by atoms with Crippen LogP contribution in [-0.2, 0) is 4.74 Å². The molecule has 2 aliphatic rings. The molecule has 17 heavy (non-hydrogen) atoms. The van der Waals surface area contributed by atoms with Gasteiger partial charge in [-0.2, -0.15) is 0 Å². The molecule has 0 aromatic heterocycles. The first-order valence-corrected chi connectivity index (χ1v) is 7.40. The Labute approximate surface area is 106 Å². The third-order valence-electron chi connectivity index (χ3n) is 4.57. The summed E-state index contributed by atoms with van der Waals surface area (Å²) in [5.74, 6) is 0.714. The molecular weight excluding hydrogens is 212 g/mol. The maximum Gasteiger partial charge on any atom is 0.0621 e. The fraction of sp³-hybridized carbons (Fsp3) is 1.00. The molecule has 3 heteroatoms. The Morgan fingerprint density at radius 2 is 2.00 bits per heavy atom. The highest BCUT2D eigenvalue weighted by atomic mass is 16.5. The zero-order chi connectivity index (χ0) is 12.1. The van der Waals surface area contributed by atoms with Crippen LogP contribution in [0.1, 0.15) is 45.4 Å². The van der Waals surface area contributed by atoms with E-state index in [2.05, 4.69) is 11.8 Å². The van der Waals surface area contributed by atoms with Crippen LogP contribution in [0.5, 0.6) is 0 Å². The van der Waals surface area contributed by atoms with Gasteiger partial charge in [-0.05, 0) is 44.7 Å². The summed E-state index contributed by atoms with van der Waals surface area (Å²) in [6.07, 6.45) is 7.95. The van der Waals surface area contributed by atoms with Crippen molar-refractivity contribution in [1.82, 2.24) is 4.90 Å². The van der Waals surface area contributed by atoms with Crippen molar-refractivity contribution < 1.29 is 4.74 Å². The van der Waals surface area contributed by atoms with E-state index in [4.69, 9.17) is 10.5 Å². The number of nitrogens with two attached hydrogens (primary N) is 1. The van der Waals surface area contributed by atoms with Crippen LogP contribution in [0.3, 0.4) is 0 Å². The van der Waals surface area contributed by atoms with Crippen molar-refractivity contribution in [2.24, 2.45) is 11.7 Å². The topological polar surface area (TPSA) is 38.5 Å². The van der Waals surface area contributed by atoms with Gasteiger partial charge in [0, 0.05) is 18.7 Å². The Balaban J connectivity index is 1.99. The molecule has 1 aliphatic heterocycles. The lowest BCUT2D eigenvalue weighted by Gasteiger charge is -2.44. The summed E-state index contributed by atoms with van der Waals surface area (Å²) >= 11 is 0. The van der Waals surface area contributed by atoms with Crippen LogP contribution in [0.4, 0.5) is 0 Å². The van der Waals surface area contributed by atoms with Crippen LogP contribution in [0.15, 0.2) is 0 Å². The summed E-state index contributed by atoms with van der Waals surface area (Å²) in [7, 11) is 0. The molecular formula is C14H28N2O. The minimum Gasteiger partial charge on any atom is -0.380 e. The Kier molecular flexibility index (Phi) is 5.26. The summed E-state index contributed by atoms with van der Waals surface area (Å²) in [6.45, 7) is 6.18. The third kappa shape index (κ3) is 3.21. The van der Waals surface area contributed by atoms with E-state index in [1.807, 2.05) is 0 Å². The second-order valence-electron chi connectivity index (χ2n) is 5.55. The second kappa shape index (κ2) is 6.72. The molecule has 1 saturated heterocycles. The van der Waals surface area contributed by atoms with Crippen LogP contribution < -0.4 is 5.73 Å². The number of nitrogens with zero attached hydrogens (tertiary/aromatic N) is 1. The van der Waals surface area contributed by atoms with E-state index in [9.17, 15) is 0 Å². The first-order chi connectivity index (χ1) is 8.36. The van der Waals surface area contributed by atoms with Gasteiger partial charge in [0.15, 0.2) is 0 Å². The maximum absolute atomic E-state index is 5.96. The number of hydrogen-bond donors (Lipinski definition) is 1. The highest BCUT2D eigenvalue weighted by molar-refractivity contribution is 4.87. The van der Waals surface area contributed by atoms with Gasteiger partial charge in [0.1, 0.15) is 0 Å². The SMILES string of the molecule is CCN(C1CCCOC1)C1CCCCC1CN. The smallest absolute Gasteiger partial charge is 0.0621 e. The molecule has 1 aliphatic carbocycles. The summed E-state index contributed by atoms with van der Waals surface area (Å²) < 4.78 is 5.65. The number of hydrogen-bond acceptors (Lipinski definition) is 3. The van der Waals surface area contributed by atoms with Crippen LogP contribution in [0.25, 0.3) is 0 Å². The summed E-state index contributed by atoms with van der Waals surface area (Å²) in [6, 6.07) is 1.36. The zero-order valence-electron chi connectivity index (χ0n) is 11.2. The quantitative estimate of drug-likeness (QED) is 0.817. The molecule has 0 aromatic rings. The molecule has 3 atom stereocenters. The lowest BCUT2D eigenvalue weighted by molar-refractivity contribution is -0.0171. The molecule has 1 saturated carbocycles. The first kappa shape index (κ1) is 13.3. The van der Waals surface area contributed by atoms with Gasteiger partial charge >= 0.3 is 0 Å². The zero-order valence-corrected chi connectivity index (χ0v) is 11.2. The predicted octanol–water partition coefficient (Wildman–Crippen LogP) is 2.00. The standard InChI is InChI=1S/C14H28N2O/c1-2-16(13-7-5-9-17-11-13)14-8-4-3-6-12(14)10-15/h12-14H,2-11,15H2,1H3. The van der Waals surface area contributed by atoms with E-state index in [-0.39, 0.29) is 0 Å². The van der Waals surface area contributed by atoms with Crippen LogP contribution in [0.2, 0.25) is 0 Å². The highest BCUT2D eigenvalue weighted by Crippen LogP contribution is 2.30. The molecule has 0 amide bonds. The average Bonchev–Trinajstić information content (AvgIpc) is 2.41. The Bertz CT molecular complexity index is 216. The normalized spacial score (nSPS) is 35.1. The summed E-state index contributed by atoms with van der Waals surface area (Å²) in [4.78, 5) is 2.69. The summed E-state index contributed by atoms with van der Waals surface area (Å²) in [5, 5.41) is 0. The molecule has 3 nitrogen and oxygen atoms in total. The molecule has 1 heterocycles. The number of likely N-dealkylation sites (N-methyl/N-ethyl adjacent to an activating group) is 1. The number of rotatable bonds is 4. The van der Waals surface area contributed by atoms with E-state index in [1.165, 1.54) is 38.5 Å². The minimum absolute atomic E-state index is 0.644. The predicted molar refractivity (Wildman–Crippen MR) is 71.0 cm³/mol. The molecule has 0 aromatic carbocycles. The van der Waals surface area contributed by atoms with Gasteiger partial charge in [-0.3, -0.25) is 4.90 Å². The Hall–Kier alpha value is -0.120. The van der Waals surface area contributed by atoms with Gasteiger partial charge in [-0.1, -0.05) is 19.8 Å². The largest absolute Gasteiger partial charge is 0.380 e. The first-order valence-electron chi connectivity index (χ1n) is 7.40. The van der Waals surface area contributed by atoms with Crippen molar-refractivity contribution in [1.29, 1.82) is 0 Å². The molecule has 2 N–H and O–H groups in total. The van der Waals surface area contributed by atoms with Crippen molar-refractivity contribution in [3.63, 3.8) is 0 Å². The van der Waals surface area contributed by atoms with E-state index >= 15 is 0 Å². The lowest BCUT2D eigenvalue weighted by Crippen LogP contribution is -2.52. The van der Waals surface area contributed by atoms with Crippen LogP contribution >= 0.6 is 0 Å². The Morgan fingerprint density at radius 1 is 1.18 bits per heavy atom. The molecule has 0 bridgehead atoms. The molecule has 100 valence electrons. The minimum atomic E-state index is 0.644. The van der Waals surface area contributed by atoms with Gasteiger partial charge in [0.05, 0.1) is 6.61 Å². The van der Waals surface area contributed by atoms with Gasteiger partial charge < -0.3 is 10.5 Å². The lowest BCUT2D eigenvalue weighted by atomic mass is 9.82. The molecule has 3 unspecified atom stereocenters. The fourth-order valence-corrected chi connectivity index (χ4v) is 3.65. The van der Waals surface area contributed by atoms with Crippen LogP contribution in [-0.4, -0.2) is 43.3 Å². The Morgan fingerprint density at radius 3 is 2.65 bits per heavy atom. The maximum atomic E-state index is 5.96. The van der Waals surface area contributed by atoms with Gasteiger partial charge in [0.2, 0.25) is 0 Å². The van der Waals surface area contributed by atoms with Gasteiger partial charge in [0.25, 0.3) is 0 Å². The van der Waals surface area contributed by atoms with E-state index < -0.39 is 0 Å². The fourth-order valence-electron chi connectivity index (χ4n) is 3.65. The van der Waals surface area contributed by atoms with Crippen molar-refractivity contribution >= 4 is 0 Å². The van der Waals surface area contributed by atoms with E-state index in [1.54, 1.807) is 0 Å². The summed E-state index contributed by atoms with van der Waals surface area (Å²) in [5.41, 5.74) is 5.96. The van der Waals surface area contributed by atoms with Crippen molar-refractivity contribution in [2.75, 3.05) is 26.3 Å². The van der Waals surface area contributed by atoms with Crippen molar-refractivity contribution in [3.8, 4) is 0 Å². The third-order valence-corrected chi connectivity index (χ3v) is 4.57. The number of ether oxygens (including phenoxy) is 1. The van der Waals surface area contributed by atoms with Crippen molar-refractivity contribution in [3.05, 3.63) is 0 Å². The van der Waals surface area contributed by atoms with E-state index in [0.717, 1.165) is 26.3 Å². The average molecular weight is 240 g/mol. The van der Waals surface area contributed by atoms with Gasteiger partial charge in [-0.25, -0.2) is 0 Å². The molecule has 2 fully saturated rings. The van der Waals surface area contributed by atoms with Crippen LogP contribution in [0, 0.1) is 5.92 Å². The monoisotopic (exact) mass is 240 g/mol.